The highest BCUT2D eigenvalue weighted by Crippen LogP contribution is 2.32. The van der Waals surface area contributed by atoms with Gasteiger partial charge in [-0.15, -0.1) is 0 Å². The molecule has 0 aliphatic rings. The molecule has 3 aromatic rings. The maximum atomic E-state index is 11.9. The first-order valence-electron chi connectivity index (χ1n) is 8.46. The number of rotatable bonds is 7. The van der Waals surface area contributed by atoms with Crippen molar-refractivity contribution in [2.45, 2.75) is 0 Å². The Morgan fingerprint density at radius 1 is 0.964 bits per heavy atom. The molecule has 0 bridgehead atoms. The van der Waals surface area contributed by atoms with Gasteiger partial charge in [-0.05, 0) is 57.0 Å². The van der Waals surface area contributed by atoms with Gasteiger partial charge in [0.05, 0.1) is 11.6 Å². The second-order valence-corrected chi connectivity index (χ2v) is 6.62. The molecule has 0 heterocycles. The third kappa shape index (κ3) is 5.01. The van der Waals surface area contributed by atoms with Gasteiger partial charge in [-0.3, -0.25) is 4.79 Å². The highest BCUT2D eigenvalue weighted by atomic mass is 79.9. The van der Waals surface area contributed by atoms with Gasteiger partial charge in [-0.25, -0.2) is 4.79 Å². The van der Waals surface area contributed by atoms with Crippen molar-refractivity contribution in [3.63, 3.8) is 0 Å². The van der Waals surface area contributed by atoms with Crippen LogP contribution in [-0.4, -0.2) is 32.2 Å². The van der Waals surface area contributed by atoms with E-state index in [0.29, 0.717) is 17.2 Å². The van der Waals surface area contributed by atoms with Crippen LogP contribution in [0.5, 0.6) is 11.5 Å². The van der Waals surface area contributed by atoms with E-state index in [1.807, 2.05) is 30.3 Å². The number of hydrogen-bond donors (Lipinski definition) is 1. The molecule has 28 heavy (non-hydrogen) atoms. The van der Waals surface area contributed by atoms with E-state index in [2.05, 4.69) is 21.2 Å². The molecule has 0 aliphatic heterocycles. The van der Waals surface area contributed by atoms with Crippen molar-refractivity contribution < 1.29 is 23.8 Å². The Morgan fingerprint density at radius 2 is 1.71 bits per heavy atom. The summed E-state index contributed by atoms with van der Waals surface area (Å²) < 4.78 is 16.3. The molecule has 7 heteroatoms. The number of halogens is 1. The summed E-state index contributed by atoms with van der Waals surface area (Å²) >= 11 is 3.49. The number of methoxy groups -OCH3 is 1. The number of carbonyl (C=O) groups excluding carboxylic acids is 2. The monoisotopic (exact) mass is 443 g/mol. The van der Waals surface area contributed by atoms with Crippen LogP contribution < -0.4 is 14.8 Å². The quantitative estimate of drug-likeness (QED) is 0.554. The van der Waals surface area contributed by atoms with Crippen molar-refractivity contribution in [3.8, 4) is 11.5 Å². The fourth-order valence-electron chi connectivity index (χ4n) is 2.52. The molecule has 0 atom stereocenters. The second kappa shape index (κ2) is 9.23. The number of carbonyl (C=O) groups is 2. The van der Waals surface area contributed by atoms with Crippen LogP contribution in [0.1, 0.15) is 0 Å². The summed E-state index contributed by atoms with van der Waals surface area (Å²) in [7, 11) is 1.56. The lowest BCUT2D eigenvalue weighted by atomic mass is 10.1. The summed E-state index contributed by atoms with van der Waals surface area (Å²) in [5, 5.41) is 4.67. The molecular formula is C21H18BrNO5. The Kier molecular flexibility index (Phi) is 6.49. The topological polar surface area (TPSA) is 73.9 Å². The van der Waals surface area contributed by atoms with E-state index < -0.39 is 18.5 Å². The number of esters is 1. The lowest BCUT2D eigenvalue weighted by Crippen LogP contribution is -2.23. The molecule has 0 radical (unpaired) electrons. The van der Waals surface area contributed by atoms with Crippen molar-refractivity contribution >= 4 is 44.3 Å². The molecule has 1 N–H and O–H groups in total. The number of nitrogens with one attached hydrogen (secondary N) is 1. The van der Waals surface area contributed by atoms with E-state index in [-0.39, 0.29) is 6.61 Å². The average molecular weight is 444 g/mol. The van der Waals surface area contributed by atoms with Crippen LogP contribution in [0.15, 0.2) is 65.1 Å². The van der Waals surface area contributed by atoms with Crippen molar-refractivity contribution in [1.29, 1.82) is 0 Å². The van der Waals surface area contributed by atoms with E-state index in [0.717, 1.165) is 15.2 Å². The van der Waals surface area contributed by atoms with Crippen molar-refractivity contribution in [1.82, 2.24) is 0 Å². The lowest BCUT2D eigenvalue weighted by Gasteiger charge is -2.10. The van der Waals surface area contributed by atoms with Gasteiger partial charge in [0.25, 0.3) is 5.91 Å². The summed E-state index contributed by atoms with van der Waals surface area (Å²) in [4.78, 5) is 23.8. The zero-order valence-electron chi connectivity index (χ0n) is 15.1. The number of amides is 1. The molecular weight excluding hydrogens is 426 g/mol. The third-order valence-corrected chi connectivity index (χ3v) is 4.73. The van der Waals surface area contributed by atoms with Gasteiger partial charge in [0.15, 0.2) is 13.2 Å². The van der Waals surface area contributed by atoms with Gasteiger partial charge in [-0.2, -0.15) is 0 Å². The Morgan fingerprint density at radius 3 is 2.46 bits per heavy atom. The Bertz CT molecular complexity index is 988. The van der Waals surface area contributed by atoms with Crippen LogP contribution >= 0.6 is 15.9 Å². The smallest absolute Gasteiger partial charge is 0.344 e. The summed E-state index contributed by atoms with van der Waals surface area (Å²) in [6.45, 7) is -0.695. The van der Waals surface area contributed by atoms with Crippen LogP contribution in [-0.2, 0) is 14.3 Å². The lowest BCUT2D eigenvalue weighted by molar-refractivity contribution is -0.149. The summed E-state index contributed by atoms with van der Waals surface area (Å²) in [6.07, 6.45) is 0. The molecule has 0 aliphatic carbocycles. The molecule has 3 rings (SSSR count). The van der Waals surface area contributed by atoms with Crippen LogP contribution in [0, 0.1) is 0 Å². The Labute approximate surface area is 170 Å². The van der Waals surface area contributed by atoms with E-state index in [4.69, 9.17) is 14.2 Å². The van der Waals surface area contributed by atoms with Crippen molar-refractivity contribution in [2.75, 3.05) is 25.6 Å². The Hall–Kier alpha value is -3.06. The van der Waals surface area contributed by atoms with E-state index in [1.165, 1.54) is 0 Å². The number of benzene rings is 3. The van der Waals surface area contributed by atoms with Crippen molar-refractivity contribution in [3.05, 3.63) is 65.1 Å². The van der Waals surface area contributed by atoms with Crippen molar-refractivity contribution in [2.24, 2.45) is 0 Å². The number of ether oxygens (including phenoxy) is 3. The zero-order valence-corrected chi connectivity index (χ0v) is 16.7. The number of anilines is 1. The molecule has 0 fully saturated rings. The van der Waals surface area contributed by atoms with Crippen LogP contribution in [0.3, 0.4) is 0 Å². The van der Waals surface area contributed by atoms with E-state index in [9.17, 15) is 9.59 Å². The van der Waals surface area contributed by atoms with Crippen LogP contribution in [0.25, 0.3) is 10.8 Å². The molecule has 3 aromatic carbocycles. The van der Waals surface area contributed by atoms with Gasteiger partial charge in [0.1, 0.15) is 11.5 Å². The predicted molar refractivity (Wildman–Crippen MR) is 110 cm³/mol. The van der Waals surface area contributed by atoms with E-state index in [1.54, 1.807) is 37.4 Å². The molecule has 0 saturated carbocycles. The normalized spacial score (nSPS) is 10.4. The van der Waals surface area contributed by atoms with Crippen LogP contribution in [0.2, 0.25) is 0 Å². The SMILES string of the molecule is COc1ccc(NC(=O)COC(=O)COc2ccc3ccccc3c2Br)cc1. The molecule has 144 valence electrons. The zero-order chi connectivity index (χ0) is 19.9. The van der Waals surface area contributed by atoms with Gasteiger partial charge in [0.2, 0.25) is 0 Å². The van der Waals surface area contributed by atoms with E-state index >= 15 is 0 Å². The fourth-order valence-corrected chi connectivity index (χ4v) is 3.13. The largest absolute Gasteiger partial charge is 0.497 e. The first kappa shape index (κ1) is 19.7. The highest BCUT2D eigenvalue weighted by Gasteiger charge is 2.11. The highest BCUT2D eigenvalue weighted by molar-refractivity contribution is 9.10. The standard InChI is InChI=1S/C21H18BrNO5/c1-26-16-9-7-15(8-10-16)23-19(24)12-28-20(25)13-27-18-11-6-14-4-2-3-5-17(14)21(18)22/h2-11H,12-13H2,1H3,(H,23,24). The third-order valence-electron chi connectivity index (χ3n) is 3.91. The molecule has 0 unspecified atom stereocenters. The fraction of sp³-hybridized carbons (Fsp3) is 0.143. The summed E-state index contributed by atoms with van der Waals surface area (Å²) in [5.74, 6) is 0.134. The predicted octanol–water partition coefficient (Wildman–Crippen LogP) is 4.17. The van der Waals surface area contributed by atoms with Gasteiger partial charge >= 0.3 is 5.97 Å². The van der Waals surface area contributed by atoms with Gasteiger partial charge in [0, 0.05) is 5.69 Å². The molecule has 1 amide bonds. The molecule has 0 aromatic heterocycles. The first-order valence-corrected chi connectivity index (χ1v) is 9.25. The number of hydrogen-bond acceptors (Lipinski definition) is 5. The summed E-state index contributed by atoms with van der Waals surface area (Å²) in [5.41, 5.74) is 0.582. The molecule has 6 nitrogen and oxygen atoms in total. The second-order valence-electron chi connectivity index (χ2n) is 5.82. The molecule has 0 spiro atoms. The maximum Gasteiger partial charge on any atom is 0.344 e. The minimum Gasteiger partial charge on any atom is -0.497 e. The number of fused-ring (bicyclic) bond motifs is 1. The first-order chi connectivity index (χ1) is 13.6. The van der Waals surface area contributed by atoms with Gasteiger partial charge in [-0.1, -0.05) is 30.3 Å². The molecule has 0 saturated heterocycles. The maximum absolute atomic E-state index is 11.9. The van der Waals surface area contributed by atoms with Gasteiger partial charge < -0.3 is 19.5 Å². The van der Waals surface area contributed by atoms with Crippen LogP contribution in [0.4, 0.5) is 5.69 Å². The summed E-state index contributed by atoms with van der Waals surface area (Å²) in [6, 6.07) is 18.3. The minimum absolute atomic E-state index is 0.299. The minimum atomic E-state index is -0.634. The Balaban J connectivity index is 1.47. The average Bonchev–Trinajstić information content (AvgIpc) is 2.72.